The van der Waals surface area contributed by atoms with Crippen molar-refractivity contribution >= 4 is 5.69 Å². The molecule has 0 bridgehead atoms. The van der Waals surface area contributed by atoms with Crippen LogP contribution in [-0.2, 0) is 4.74 Å². The van der Waals surface area contributed by atoms with Gasteiger partial charge in [0.1, 0.15) is 0 Å². The van der Waals surface area contributed by atoms with Crippen molar-refractivity contribution < 1.29 is 4.74 Å². The smallest absolute Gasteiger partial charge is 0.0639 e. The molecule has 0 fully saturated rings. The third-order valence-electron chi connectivity index (χ3n) is 2.44. The van der Waals surface area contributed by atoms with Crippen LogP contribution >= 0.6 is 0 Å². The predicted molar refractivity (Wildman–Crippen MR) is 73.1 cm³/mol. The first kappa shape index (κ1) is 13.6. The topological polar surface area (TPSA) is 21.3 Å². The maximum atomic E-state index is 5.52. The Balaban J connectivity index is 2.16. The summed E-state index contributed by atoms with van der Waals surface area (Å²) in [6, 6.07) is 7.85. The van der Waals surface area contributed by atoms with E-state index in [2.05, 4.69) is 25.1 Å². The first-order chi connectivity index (χ1) is 8.22. The summed E-state index contributed by atoms with van der Waals surface area (Å²) in [6.07, 6.45) is 6.46. The summed E-state index contributed by atoms with van der Waals surface area (Å²) in [5.74, 6) is 3.32. The molecule has 1 N–H and O–H groups in total. The van der Waals surface area contributed by atoms with Gasteiger partial charge < -0.3 is 10.1 Å². The molecule has 1 aromatic carbocycles. The Kier molecular flexibility index (Phi) is 6.21. The van der Waals surface area contributed by atoms with Gasteiger partial charge in [-0.2, -0.15) is 0 Å². The second kappa shape index (κ2) is 7.76. The van der Waals surface area contributed by atoms with E-state index in [0.717, 1.165) is 37.4 Å². The van der Waals surface area contributed by atoms with Gasteiger partial charge in [-0.3, -0.25) is 0 Å². The third kappa shape index (κ3) is 5.99. The zero-order valence-electron chi connectivity index (χ0n) is 10.7. The Morgan fingerprint density at radius 3 is 2.88 bits per heavy atom. The van der Waals surface area contributed by atoms with E-state index >= 15 is 0 Å². The van der Waals surface area contributed by atoms with Crippen LogP contribution in [0.25, 0.3) is 0 Å². The van der Waals surface area contributed by atoms with Gasteiger partial charge >= 0.3 is 0 Å². The second-order valence-electron chi connectivity index (χ2n) is 4.45. The van der Waals surface area contributed by atoms with Crippen LogP contribution in [0.4, 0.5) is 5.69 Å². The molecule has 0 aliphatic heterocycles. The maximum absolute atomic E-state index is 5.52. The molecule has 0 unspecified atom stereocenters. The normalized spacial score (nSPS) is 10.2. The lowest BCUT2D eigenvalue weighted by molar-refractivity contribution is 0.132. The number of benzene rings is 1. The lowest BCUT2D eigenvalue weighted by Gasteiger charge is -2.08. The largest absolute Gasteiger partial charge is 0.383 e. The van der Waals surface area contributed by atoms with Crippen molar-refractivity contribution in [3.05, 3.63) is 29.8 Å². The summed E-state index contributed by atoms with van der Waals surface area (Å²) in [6.45, 7) is 6.78. The van der Waals surface area contributed by atoms with Gasteiger partial charge in [-0.25, -0.2) is 0 Å². The van der Waals surface area contributed by atoms with Crippen LogP contribution in [-0.4, -0.2) is 19.8 Å². The van der Waals surface area contributed by atoms with Crippen LogP contribution in [0.1, 0.15) is 25.8 Å². The van der Waals surface area contributed by atoms with E-state index in [4.69, 9.17) is 11.2 Å². The molecule has 1 rings (SSSR count). The van der Waals surface area contributed by atoms with Crippen molar-refractivity contribution in [2.24, 2.45) is 5.92 Å². The summed E-state index contributed by atoms with van der Waals surface area (Å²) < 4.78 is 5.52. The van der Waals surface area contributed by atoms with Crippen molar-refractivity contribution in [3.8, 4) is 12.3 Å². The van der Waals surface area contributed by atoms with E-state index in [1.165, 1.54) is 0 Å². The number of ether oxygens (including phenoxy) is 1. The Morgan fingerprint density at radius 2 is 2.18 bits per heavy atom. The number of terminal acetylenes is 1. The fourth-order valence-corrected chi connectivity index (χ4v) is 1.41. The van der Waals surface area contributed by atoms with Crippen LogP contribution in [0.3, 0.4) is 0 Å². The number of hydrogen-bond donors (Lipinski definition) is 1. The van der Waals surface area contributed by atoms with E-state index < -0.39 is 0 Å². The van der Waals surface area contributed by atoms with Crippen LogP contribution in [0, 0.1) is 18.3 Å². The molecule has 2 heteroatoms. The fourth-order valence-electron chi connectivity index (χ4n) is 1.41. The highest BCUT2D eigenvalue weighted by molar-refractivity contribution is 5.49. The molecule has 0 aliphatic carbocycles. The quantitative estimate of drug-likeness (QED) is 0.575. The number of anilines is 1. The molecule has 17 heavy (non-hydrogen) atoms. The van der Waals surface area contributed by atoms with Gasteiger partial charge in [-0.05, 0) is 30.5 Å². The minimum Gasteiger partial charge on any atom is -0.383 e. The second-order valence-corrected chi connectivity index (χ2v) is 4.45. The molecular weight excluding hydrogens is 210 g/mol. The van der Waals surface area contributed by atoms with E-state index in [-0.39, 0.29) is 0 Å². The number of rotatable bonds is 7. The monoisotopic (exact) mass is 231 g/mol. The van der Waals surface area contributed by atoms with E-state index in [1.54, 1.807) is 0 Å². The maximum Gasteiger partial charge on any atom is 0.0639 e. The summed E-state index contributed by atoms with van der Waals surface area (Å²) in [5, 5.41) is 3.29. The third-order valence-corrected chi connectivity index (χ3v) is 2.44. The summed E-state index contributed by atoms with van der Waals surface area (Å²) in [7, 11) is 0. The number of hydrogen-bond acceptors (Lipinski definition) is 2. The lowest BCUT2D eigenvalue weighted by atomic mass is 10.1. The Morgan fingerprint density at radius 1 is 1.35 bits per heavy atom. The van der Waals surface area contributed by atoms with Crippen molar-refractivity contribution in [3.63, 3.8) is 0 Å². The predicted octanol–water partition coefficient (Wildman–Crippen LogP) is 3.14. The Bertz CT molecular complexity index is 365. The van der Waals surface area contributed by atoms with Gasteiger partial charge in [0.2, 0.25) is 0 Å². The molecule has 0 aromatic heterocycles. The van der Waals surface area contributed by atoms with Crippen molar-refractivity contribution in [2.75, 3.05) is 25.1 Å². The van der Waals surface area contributed by atoms with Crippen molar-refractivity contribution in [1.29, 1.82) is 0 Å². The van der Waals surface area contributed by atoms with Crippen LogP contribution in [0.5, 0.6) is 0 Å². The summed E-state index contributed by atoms with van der Waals surface area (Å²) in [4.78, 5) is 0. The molecule has 0 saturated carbocycles. The van der Waals surface area contributed by atoms with E-state index in [0.29, 0.717) is 5.92 Å². The van der Waals surface area contributed by atoms with Gasteiger partial charge in [0.15, 0.2) is 0 Å². The first-order valence-corrected chi connectivity index (χ1v) is 6.10. The molecule has 0 aliphatic rings. The zero-order chi connectivity index (χ0) is 12.5. The Hall–Kier alpha value is -1.46. The van der Waals surface area contributed by atoms with Gasteiger partial charge in [-0.15, -0.1) is 6.42 Å². The molecule has 0 atom stereocenters. The minimum absolute atomic E-state index is 0.704. The van der Waals surface area contributed by atoms with Crippen LogP contribution < -0.4 is 5.32 Å². The average molecular weight is 231 g/mol. The summed E-state index contributed by atoms with van der Waals surface area (Å²) >= 11 is 0. The van der Waals surface area contributed by atoms with Crippen LogP contribution in [0.2, 0.25) is 0 Å². The van der Waals surface area contributed by atoms with Crippen molar-refractivity contribution in [1.82, 2.24) is 0 Å². The van der Waals surface area contributed by atoms with Gasteiger partial charge in [0.05, 0.1) is 6.61 Å². The molecule has 0 amide bonds. The first-order valence-electron chi connectivity index (χ1n) is 6.10. The van der Waals surface area contributed by atoms with E-state index in [9.17, 15) is 0 Å². The molecule has 0 heterocycles. The molecule has 92 valence electrons. The molecule has 2 nitrogen and oxygen atoms in total. The highest BCUT2D eigenvalue weighted by atomic mass is 16.5. The fraction of sp³-hybridized carbons (Fsp3) is 0.467. The Labute approximate surface area is 104 Å². The van der Waals surface area contributed by atoms with Crippen molar-refractivity contribution in [2.45, 2.75) is 20.3 Å². The molecular formula is C15H21NO. The zero-order valence-corrected chi connectivity index (χ0v) is 10.7. The SMILES string of the molecule is C#Cc1cccc(NCCOCCC(C)C)c1. The average Bonchev–Trinajstić information content (AvgIpc) is 2.33. The molecule has 1 aromatic rings. The highest BCUT2D eigenvalue weighted by Gasteiger charge is 1.95. The van der Waals surface area contributed by atoms with Gasteiger partial charge in [-0.1, -0.05) is 25.8 Å². The number of nitrogens with one attached hydrogen (secondary N) is 1. The van der Waals surface area contributed by atoms with Crippen LogP contribution in [0.15, 0.2) is 24.3 Å². The standard InChI is InChI=1S/C15H21NO/c1-4-14-6-5-7-15(12-14)16-9-11-17-10-8-13(2)3/h1,5-7,12-13,16H,8-11H2,2-3H3. The van der Waals surface area contributed by atoms with E-state index in [1.807, 2.05) is 24.3 Å². The minimum atomic E-state index is 0.704. The van der Waals surface area contributed by atoms with Gasteiger partial charge in [0, 0.05) is 24.4 Å². The van der Waals surface area contributed by atoms with Gasteiger partial charge in [0.25, 0.3) is 0 Å². The lowest BCUT2D eigenvalue weighted by Crippen LogP contribution is -2.10. The summed E-state index contributed by atoms with van der Waals surface area (Å²) in [5.41, 5.74) is 1.95. The molecule has 0 radical (unpaired) electrons. The molecule has 0 saturated heterocycles. The molecule has 0 spiro atoms. The highest BCUT2D eigenvalue weighted by Crippen LogP contribution is 2.09.